The van der Waals surface area contributed by atoms with Gasteiger partial charge >= 0.3 is 0 Å². The first-order chi connectivity index (χ1) is 5.27. The van der Waals surface area contributed by atoms with Gasteiger partial charge in [-0.15, -0.1) is 0 Å². The van der Waals surface area contributed by atoms with Crippen LogP contribution in [0, 0.1) is 0 Å². The molecule has 0 spiro atoms. The number of aliphatic hydroxyl groups excluding tert-OH is 1. The molecule has 1 heterocycles. The minimum atomic E-state index is 0.162. The number of aliphatic hydroxyl groups is 1. The minimum absolute atomic E-state index is 0.162. The van der Waals surface area contributed by atoms with Crippen LogP contribution in [0.15, 0.2) is 0 Å². The van der Waals surface area contributed by atoms with Gasteiger partial charge < -0.3 is 15.2 Å². The van der Waals surface area contributed by atoms with Crippen LogP contribution in [0.2, 0.25) is 0 Å². The second kappa shape index (κ2) is 4.04. The van der Waals surface area contributed by atoms with E-state index in [4.69, 9.17) is 9.84 Å². The zero-order chi connectivity index (χ0) is 8.16. The van der Waals surface area contributed by atoms with Gasteiger partial charge in [-0.25, -0.2) is 0 Å². The van der Waals surface area contributed by atoms with Crippen molar-refractivity contribution in [3.05, 3.63) is 0 Å². The minimum Gasteiger partial charge on any atom is -0.396 e. The standard InChI is InChI=1S/C8H17NO2/c1-8(3-6-11-7-8)9-4-2-5-10/h9-10H,2-7H2,1H3. The zero-order valence-corrected chi connectivity index (χ0v) is 7.10. The molecule has 0 aromatic carbocycles. The Morgan fingerprint density at radius 2 is 2.45 bits per heavy atom. The van der Waals surface area contributed by atoms with Crippen LogP contribution in [-0.4, -0.2) is 37.0 Å². The summed E-state index contributed by atoms with van der Waals surface area (Å²) in [6, 6.07) is 0. The van der Waals surface area contributed by atoms with Crippen molar-refractivity contribution < 1.29 is 9.84 Å². The number of hydrogen-bond acceptors (Lipinski definition) is 3. The Balaban J connectivity index is 2.13. The third-order valence-corrected chi connectivity index (χ3v) is 2.11. The molecule has 1 rings (SSSR count). The summed E-state index contributed by atoms with van der Waals surface area (Å²) in [5.41, 5.74) is 0.162. The Morgan fingerprint density at radius 3 is 3.00 bits per heavy atom. The summed E-state index contributed by atoms with van der Waals surface area (Å²) in [7, 11) is 0. The molecule has 0 amide bonds. The highest BCUT2D eigenvalue weighted by molar-refractivity contribution is 4.86. The molecule has 0 aromatic heterocycles. The summed E-state index contributed by atoms with van der Waals surface area (Å²) < 4.78 is 5.27. The molecule has 1 aliphatic heterocycles. The van der Waals surface area contributed by atoms with Gasteiger partial charge in [-0.2, -0.15) is 0 Å². The molecule has 66 valence electrons. The van der Waals surface area contributed by atoms with Crippen molar-refractivity contribution >= 4 is 0 Å². The van der Waals surface area contributed by atoms with Gasteiger partial charge in [0.2, 0.25) is 0 Å². The quantitative estimate of drug-likeness (QED) is 0.573. The zero-order valence-electron chi connectivity index (χ0n) is 7.10. The molecule has 0 bridgehead atoms. The van der Waals surface area contributed by atoms with E-state index in [1.807, 2.05) is 0 Å². The summed E-state index contributed by atoms with van der Waals surface area (Å²) in [5.74, 6) is 0. The molecule has 1 fully saturated rings. The smallest absolute Gasteiger partial charge is 0.0646 e. The van der Waals surface area contributed by atoms with Gasteiger partial charge in [0.1, 0.15) is 0 Å². The van der Waals surface area contributed by atoms with Crippen LogP contribution in [0.25, 0.3) is 0 Å². The van der Waals surface area contributed by atoms with E-state index >= 15 is 0 Å². The lowest BCUT2D eigenvalue weighted by Crippen LogP contribution is -2.43. The maximum atomic E-state index is 8.55. The topological polar surface area (TPSA) is 41.5 Å². The maximum Gasteiger partial charge on any atom is 0.0646 e. The van der Waals surface area contributed by atoms with Gasteiger partial charge in [-0.05, 0) is 26.3 Å². The molecule has 0 aliphatic carbocycles. The molecule has 1 aliphatic rings. The average molecular weight is 159 g/mol. The third kappa shape index (κ3) is 2.77. The van der Waals surface area contributed by atoms with Gasteiger partial charge in [0, 0.05) is 18.8 Å². The molecular weight excluding hydrogens is 142 g/mol. The highest BCUT2D eigenvalue weighted by Crippen LogP contribution is 2.16. The predicted molar refractivity (Wildman–Crippen MR) is 43.5 cm³/mol. The fraction of sp³-hybridized carbons (Fsp3) is 1.00. The van der Waals surface area contributed by atoms with E-state index in [9.17, 15) is 0 Å². The van der Waals surface area contributed by atoms with Crippen LogP contribution < -0.4 is 5.32 Å². The van der Waals surface area contributed by atoms with Gasteiger partial charge in [0.05, 0.1) is 6.61 Å². The number of ether oxygens (including phenoxy) is 1. The summed E-state index contributed by atoms with van der Waals surface area (Å²) in [4.78, 5) is 0. The van der Waals surface area contributed by atoms with Crippen molar-refractivity contribution in [2.75, 3.05) is 26.4 Å². The van der Waals surface area contributed by atoms with Crippen molar-refractivity contribution in [1.82, 2.24) is 5.32 Å². The molecule has 1 unspecified atom stereocenters. The molecule has 1 atom stereocenters. The van der Waals surface area contributed by atoms with Crippen molar-refractivity contribution in [2.24, 2.45) is 0 Å². The molecule has 3 heteroatoms. The fourth-order valence-corrected chi connectivity index (χ4v) is 1.28. The van der Waals surface area contributed by atoms with Gasteiger partial charge in [-0.3, -0.25) is 0 Å². The molecular formula is C8H17NO2. The van der Waals surface area contributed by atoms with Crippen LogP contribution in [0.4, 0.5) is 0 Å². The fourth-order valence-electron chi connectivity index (χ4n) is 1.28. The summed E-state index contributed by atoms with van der Waals surface area (Å²) in [5, 5.41) is 11.9. The van der Waals surface area contributed by atoms with Crippen LogP contribution in [0.3, 0.4) is 0 Å². The lowest BCUT2D eigenvalue weighted by molar-refractivity contribution is 0.170. The lowest BCUT2D eigenvalue weighted by Gasteiger charge is -2.23. The summed E-state index contributed by atoms with van der Waals surface area (Å²) in [6.45, 7) is 4.98. The van der Waals surface area contributed by atoms with Gasteiger partial charge in [0.15, 0.2) is 0 Å². The SMILES string of the molecule is CC1(NCCCO)CCOC1. The van der Waals surface area contributed by atoms with Crippen LogP contribution in [0.5, 0.6) is 0 Å². The van der Waals surface area contributed by atoms with E-state index in [1.165, 1.54) is 0 Å². The van der Waals surface area contributed by atoms with E-state index in [-0.39, 0.29) is 12.1 Å². The van der Waals surface area contributed by atoms with Gasteiger partial charge in [0.25, 0.3) is 0 Å². The molecule has 0 saturated carbocycles. The first-order valence-electron chi connectivity index (χ1n) is 4.20. The number of nitrogens with one attached hydrogen (secondary N) is 1. The summed E-state index contributed by atoms with van der Waals surface area (Å²) >= 11 is 0. The Bertz CT molecular complexity index is 111. The Morgan fingerprint density at radius 1 is 1.64 bits per heavy atom. The van der Waals surface area contributed by atoms with Crippen LogP contribution >= 0.6 is 0 Å². The van der Waals surface area contributed by atoms with Crippen molar-refractivity contribution in [3.63, 3.8) is 0 Å². The number of rotatable bonds is 4. The third-order valence-electron chi connectivity index (χ3n) is 2.11. The highest BCUT2D eigenvalue weighted by Gasteiger charge is 2.28. The van der Waals surface area contributed by atoms with E-state index < -0.39 is 0 Å². The summed E-state index contributed by atoms with van der Waals surface area (Å²) in [6.07, 6.45) is 1.91. The van der Waals surface area contributed by atoms with Gasteiger partial charge in [-0.1, -0.05) is 0 Å². The van der Waals surface area contributed by atoms with Crippen LogP contribution in [0.1, 0.15) is 19.8 Å². The van der Waals surface area contributed by atoms with Crippen molar-refractivity contribution in [2.45, 2.75) is 25.3 Å². The Labute approximate surface area is 67.7 Å². The lowest BCUT2D eigenvalue weighted by atomic mass is 10.0. The normalized spacial score (nSPS) is 31.1. The predicted octanol–water partition coefficient (Wildman–Crippen LogP) is 0.137. The molecule has 1 saturated heterocycles. The second-order valence-electron chi connectivity index (χ2n) is 3.37. The molecule has 0 radical (unpaired) electrons. The van der Waals surface area contributed by atoms with Crippen molar-refractivity contribution in [1.29, 1.82) is 0 Å². The van der Waals surface area contributed by atoms with E-state index in [1.54, 1.807) is 0 Å². The second-order valence-corrected chi connectivity index (χ2v) is 3.37. The van der Waals surface area contributed by atoms with E-state index in [0.29, 0.717) is 0 Å². The molecule has 3 nitrogen and oxygen atoms in total. The van der Waals surface area contributed by atoms with Crippen LogP contribution in [-0.2, 0) is 4.74 Å². The largest absolute Gasteiger partial charge is 0.396 e. The first kappa shape index (κ1) is 8.97. The Kier molecular flexibility index (Phi) is 3.30. The number of hydrogen-bond donors (Lipinski definition) is 2. The maximum absolute atomic E-state index is 8.55. The monoisotopic (exact) mass is 159 g/mol. The van der Waals surface area contributed by atoms with E-state index in [0.717, 1.165) is 32.6 Å². The van der Waals surface area contributed by atoms with E-state index in [2.05, 4.69) is 12.2 Å². The highest BCUT2D eigenvalue weighted by atomic mass is 16.5. The molecule has 0 aromatic rings. The molecule has 2 N–H and O–H groups in total. The van der Waals surface area contributed by atoms with Crippen molar-refractivity contribution in [3.8, 4) is 0 Å². The average Bonchev–Trinajstić information content (AvgIpc) is 2.38. The molecule has 11 heavy (non-hydrogen) atoms. The Hall–Kier alpha value is -0.120. The first-order valence-corrected chi connectivity index (χ1v) is 4.20.